The lowest BCUT2D eigenvalue weighted by Gasteiger charge is -2.04. The second kappa shape index (κ2) is 3.68. The highest BCUT2D eigenvalue weighted by molar-refractivity contribution is 6.35. The van der Waals surface area contributed by atoms with Crippen molar-refractivity contribution < 1.29 is 9.90 Å². The molecule has 18 heavy (non-hydrogen) atoms. The van der Waals surface area contributed by atoms with Gasteiger partial charge in [-0.2, -0.15) is 0 Å². The largest absolute Gasteiger partial charge is 0.478 e. The van der Waals surface area contributed by atoms with Crippen molar-refractivity contribution in [1.29, 1.82) is 0 Å². The number of carboxylic acid groups (broad SMARTS) is 1. The van der Waals surface area contributed by atoms with Crippen LogP contribution in [0.1, 0.15) is 40.8 Å². The van der Waals surface area contributed by atoms with Crippen molar-refractivity contribution in [3.63, 3.8) is 0 Å². The van der Waals surface area contributed by atoms with Gasteiger partial charge in [0.25, 0.3) is 0 Å². The standard InChI is InChI=1S/C12H12ClN3O2/c1-5-8-9(12(17)18)10(13)16(7-3-4-7)11(8)15-6(2)14-5/h7H,3-4H2,1-2H3,(H,17,18). The lowest BCUT2D eigenvalue weighted by atomic mass is 10.2. The number of hydrogen-bond acceptors (Lipinski definition) is 3. The molecule has 0 unspecified atom stereocenters. The molecule has 0 atom stereocenters. The van der Waals surface area contributed by atoms with Crippen LogP contribution in [0.15, 0.2) is 0 Å². The summed E-state index contributed by atoms with van der Waals surface area (Å²) in [7, 11) is 0. The minimum absolute atomic E-state index is 0.121. The highest BCUT2D eigenvalue weighted by Gasteiger charge is 2.32. The molecule has 0 saturated heterocycles. The van der Waals surface area contributed by atoms with E-state index in [1.165, 1.54) is 0 Å². The number of halogens is 1. The molecule has 1 aliphatic carbocycles. The van der Waals surface area contributed by atoms with Crippen molar-refractivity contribution >= 4 is 28.6 Å². The van der Waals surface area contributed by atoms with Crippen LogP contribution < -0.4 is 0 Å². The van der Waals surface area contributed by atoms with Gasteiger partial charge >= 0.3 is 5.97 Å². The molecule has 94 valence electrons. The predicted octanol–water partition coefficient (Wildman–Crippen LogP) is 2.73. The molecule has 5 nitrogen and oxygen atoms in total. The van der Waals surface area contributed by atoms with Gasteiger partial charge < -0.3 is 9.67 Å². The number of aromatic carboxylic acids is 1. The number of rotatable bonds is 2. The fourth-order valence-electron chi connectivity index (χ4n) is 2.34. The minimum atomic E-state index is -1.03. The van der Waals surface area contributed by atoms with E-state index in [1.54, 1.807) is 13.8 Å². The molecular formula is C12H12ClN3O2. The van der Waals surface area contributed by atoms with E-state index in [0.717, 1.165) is 12.8 Å². The summed E-state index contributed by atoms with van der Waals surface area (Å²) in [6.07, 6.45) is 2.04. The summed E-state index contributed by atoms with van der Waals surface area (Å²) < 4.78 is 1.84. The van der Waals surface area contributed by atoms with Crippen LogP contribution in [0.2, 0.25) is 5.15 Å². The first kappa shape index (κ1) is 11.5. The number of aryl methyl sites for hydroxylation is 2. The first-order valence-electron chi connectivity index (χ1n) is 5.78. The third kappa shape index (κ3) is 1.50. The zero-order chi connectivity index (χ0) is 13.0. The molecule has 0 bridgehead atoms. The van der Waals surface area contributed by atoms with E-state index in [4.69, 9.17) is 11.6 Å². The molecule has 3 rings (SSSR count). The molecular weight excluding hydrogens is 254 g/mol. The van der Waals surface area contributed by atoms with Gasteiger partial charge in [0.05, 0.1) is 11.1 Å². The van der Waals surface area contributed by atoms with Gasteiger partial charge in [-0.05, 0) is 26.7 Å². The smallest absolute Gasteiger partial charge is 0.339 e. The van der Waals surface area contributed by atoms with Crippen LogP contribution in [0.5, 0.6) is 0 Å². The quantitative estimate of drug-likeness (QED) is 0.906. The van der Waals surface area contributed by atoms with Crippen LogP contribution in [0.25, 0.3) is 11.0 Å². The highest BCUT2D eigenvalue weighted by atomic mass is 35.5. The fourth-order valence-corrected chi connectivity index (χ4v) is 2.73. The normalized spacial score (nSPS) is 15.3. The molecule has 0 aromatic carbocycles. The van der Waals surface area contributed by atoms with Gasteiger partial charge in [-0.25, -0.2) is 14.8 Å². The van der Waals surface area contributed by atoms with Crippen molar-refractivity contribution in [2.75, 3.05) is 0 Å². The van der Waals surface area contributed by atoms with Crippen molar-refractivity contribution in [3.05, 3.63) is 22.2 Å². The van der Waals surface area contributed by atoms with Crippen molar-refractivity contribution in [2.45, 2.75) is 32.7 Å². The van der Waals surface area contributed by atoms with Crippen LogP contribution in [0.4, 0.5) is 0 Å². The summed E-state index contributed by atoms with van der Waals surface area (Å²) in [4.78, 5) is 20.0. The van der Waals surface area contributed by atoms with Crippen LogP contribution in [0, 0.1) is 13.8 Å². The second-order valence-corrected chi connectivity index (χ2v) is 4.98. The van der Waals surface area contributed by atoms with Crippen LogP contribution in [0.3, 0.4) is 0 Å². The average Bonchev–Trinajstić information content (AvgIpc) is 3.02. The van der Waals surface area contributed by atoms with Gasteiger partial charge in [-0.3, -0.25) is 0 Å². The number of carbonyl (C=O) groups is 1. The lowest BCUT2D eigenvalue weighted by molar-refractivity contribution is 0.0699. The molecule has 0 amide bonds. The SMILES string of the molecule is Cc1nc(C)c2c(C(=O)O)c(Cl)n(C3CC3)c2n1. The Balaban J connectivity index is 2.47. The predicted molar refractivity (Wildman–Crippen MR) is 67.2 cm³/mol. The maximum atomic E-state index is 11.4. The van der Waals surface area contributed by atoms with E-state index >= 15 is 0 Å². The van der Waals surface area contributed by atoms with Gasteiger partial charge in [0, 0.05) is 6.04 Å². The topological polar surface area (TPSA) is 68.0 Å². The fraction of sp³-hybridized carbons (Fsp3) is 0.417. The van der Waals surface area contributed by atoms with Gasteiger partial charge in [0.2, 0.25) is 0 Å². The number of aromatic nitrogens is 3. The Morgan fingerprint density at radius 3 is 2.61 bits per heavy atom. The molecule has 1 N–H and O–H groups in total. The summed E-state index contributed by atoms with van der Waals surface area (Å²) in [5.74, 6) is -0.395. The zero-order valence-corrected chi connectivity index (χ0v) is 10.8. The monoisotopic (exact) mass is 265 g/mol. The molecule has 2 aromatic heterocycles. The molecule has 1 fully saturated rings. The second-order valence-electron chi connectivity index (χ2n) is 4.63. The van der Waals surface area contributed by atoms with Crippen LogP contribution in [-0.4, -0.2) is 25.6 Å². The molecule has 1 saturated carbocycles. The Morgan fingerprint density at radius 1 is 1.39 bits per heavy atom. The number of hydrogen-bond donors (Lipinski definition) is 1. The minimum Gasteiger partial charge on any atom is -0.478 e. The van der Waals surface area contributed by atoms with Gasteiger partial charge in [0.15, 0.2) is 0 Å². The molecule has 6 heteroatoms. The van der Waals surface area contributed by atoms with E-state index < -0.39 is 5.97 Å². The Bertz CT molecular complexity index is 674. The number of fused-ring (bicyclic) bond motifs is 1. The summed E-state index contributed by atoms with van der Waals surface area (Å²) in [6, 6.07) is 0.279. The van der Waals surface area contributed by atoms with E-state index in [9.17, 15) is 9.90 Å². The molecule has 1 aliphatic rings. The van der Waals surface area contributed by atoms with Gasteiger partial charge in [0.1, 0.15) is 22.2 Å². The van der Waals surface area contributed by atoms with Crippen molar-refractivity contribution in [2.24, 2.45) is 0 Å². The Labute approximate surface area is 108 Å². The Morgan fingerprint density at radius 2 is 2.06 bits per heavy atom. The van der Waals surface area contributed by atoms with Crippen LogP contribution >= 0.6 is 11.6 Å². The van der Waals surface area contributed by atoms with E-state index in [-0.39, 0.29) is 16.8 Å². The number of nitrogens with zero attached hydrogens (tertiary/aromatic N) is 3. The average molecular weight is 266 g/mol. The third-order valence-corrected chi connectivity index (χ3v) is 3.58. The maximum Gasteiger partial charge on any atom is 0.339 e. The zero-order valence-electron chi connectivity index (χ0n) is 10.1. The first-order valence-corrected chi connectivity index (χ1v) is 6.16. The van der Waals surface area contributed by atoms with E-state index in [0.29, 0.717) is 22.6 Å². The number of carboxylic acids is 1. The third-order valence-electron chi connectivity index (χ3n) is 3.20. The molecule has 0 radical (unpaired) electrons. The summed E-state index contributed by atoms with van der Waals surface area (Å²) in [6.45, 7) is 3.59. The van der Waals surface area contributed by atoms with E-state index in [1.807, 2.05) is 4.57 Å². The summed E-state index contributed by atoms with van der Waals surface area (Å²) in [5, 5.41) is 10.1. The lowest BCUT2D eigenvalue weighted by Crippen LogP contribution is -1.98. The Kier molecular flexibility index (Phi) is 2.35. The van der Waals surface area contributed by atoms with Crippen LogP contribution in [-0.2, 0) is 0 Å². The van der Waals surface area contributed by atoms with Gasteiger partial charge in [-0.1, -0.05) is 11.6 Å². The molecule has 2 aromatic rings. The molecule has 2 heterocycles. The Hall–Kier alpha value is -1.62. The summed E-state index contributed by atoms with van der Waals surface area (Å²) >= 11 is 6.22. The van der Waals surface area contributed by atoms with Crippen molar-refractivity contribution in [3.8, 4) is 0 Å². The summed E-state index contributed by atoms with van der Waals surface area (Å²) in [5.41, 5.74) is 1.43. The first-order chi connectivity index (χ1) is 8.50. The molecule has 0 spiro atoms. The van der Waals surface area contributed by atoms with Gasteiger partial charge in [-0.15, -0.1) is 0 Å². The maximum absolute atomic E-state index is 11.4. The van der Waals surface area contributed by atoms with E-state index in [2.05, 4.69) is 9.97 Å². The van der Waals surface area contributed by atoms with Crippen molar-refractivity contribution in [1.82, 2.24) is 14.5 Å². The highest BCUT2D eigenvalue weighted by Crippen LogP contribution is 2.43. The molecule has 0 aliphatic heterocycles.